The van der Waals surface area contributed by atoms with Crippen LogP contribution in [0.4, 0.5) is 11.4 Å². The molecule has 1 N–H and O–H groups in total. The van der Waals surface area contributed by atoms with Gasteiger partial charge in [-0.25, -0.2) is 0 Å². The SMILES string of the molecule is C[C@H]1C[C@H](C)CN([C@@H](C)C(=O)N2c3ccccc3NC(=O)C2(C)C)C1. The van der Waals surface area contributed by atoms with Crippen LogP contribution >= 0.6 is 0 Å². The van der Waals surface area contributed by atoms with E-state index in [9.17, 15) is 9.59 Å². The van der Waals surface area contributed by atoms with Crippen LogP contribution in [-0.4, -0.2) is 41.4 Å². The summed E-state index contributed by atoms with van der Waals surface area (Å²) in [4.78, 5) is 30.0. The molecule has 0 spiro atoms. The van der Waals surface area contributed by atoms with E-state index >= 15 is 0 Å². The molecule has 2 heterocycles. The molecule has 0 bridgehead atoms. The smallest absolute Gasteiger partial charge is 0.250 e. The molecule has 1 aromatic rings. The van der Waals surface area contributed by atoms with Crippen LogP contribution in [0.25, 0.3) is 0 Å². The van der Waals surface area contributed by atoms with Crippen molar-refractivity contribution in [3.05, 3.63) is 24.3 Å². The van der Waals surface area contributed by atoms with Gasteiger partial charge in [0.25, 0.3) is 0 Å². The van der Waals surface area contributed by atoms with Crippen molar-refractivity contribution in [1.29, 1.82) is 0 Å². The second-order valence-electron chi connectivity index (χ2n) is 8.28. The zero-order valence-electron chi connectivity index (χ0n) is 15.9. The summed E-state index contributed by atoms with van der Waals surface area (Å²) in [6.45, 7) is 11.9. The molecule has 1 aromatic carbocycles. The first-order valence-corrected chi connectivity index (χ1v) is 9.20. The summed E-state index contributed by atoms with van der Waals surface area (Å²) in [5.74, 6) is 1.02. The number of rotatable bonds is 2. The van der Waals surface area contributed by atoms with E-state index in [1.54, 1.807) is 4.90 Å². The maximum atomic E-state index is 13.4. The number of nitrogens with one attached hydrogen (secondary N) is 1. The first-order chi connectivity index (χ1) is 11.7. The van der Waals surface area contributed by atoms with Gasteiger partial charge in [0, 0.05) is 13.1 Å². The number of carbonyl (C=O) groups excluding carboxylic acids is 2. The van der Waals surface area contributed by atoms with Gasteiger partial charge in [-0.15, -0.1) is 0 Å². The molecule has 5 nitrogen and oxygen atoms in total. The van der Waals surface area contributed by atoms with Crippen molar-refractivity contribution in [2.24, 2.45) is 11.8 Å². The van der Waals surface area contributed by atoms with Crippen LogP contribution in [0.1, 0.15) is 41.0 Å². The molecule has 0 aliphatic carbocycles. The zero-order chi connectivity index (χ0) is 18.4. The standard InChI is InChI=1S/C20H29N3O2/c1-13-10-14(2)12-22(11-13)15(3)18(24)23-17-9-7-6-8-16(17)21-19(25)20(23,4)5/h6-9,13-15H,10-12H2,1-5H3,(H,21,25)/t13-,14-,15-/m0/s1. The highest BCUT2D eigenvalue weighted by molar-refractivity contribution is 6.15. The summed E-state index contributed by atoms with van der Waals surface area (Å²) < 4.78 is 0. The maximum absolute atomic E-state index is 13.4. The van der Waals surface area contributed by atoms with Gasteiger partial charge in [0.1, 0.15) is 5.54 Å². The van der Waals surface area contributed by atoms with Crippen molar-refractivity contribution in [2.45, 2.75) is 52.6 Å². The number of carbonyl (C=O) groups is 2. The number of nitrogens with zero attached hydrogens (tertiary/aromatic N) is 2. The predicted octanol–water partition coefficient (Wildman–Crippen LogP) is 3.12. The fourth-order valence-corrected chi connectivity index (χ4v) is 4.22. The van der Waals surface area contributed by atoms with E-state index < -0.39 is 5.54 Å². The third kappa shape index (κ3) is 3.17. The normalized spacial score (nSPS) is 27.4. The predicted molar refractivity (Wildman–Crippen MR) is 101 cm³/mol. The molecule has 2 aliphatic rings. The van der Waals surface area contributed by atoms with Crippen LogP contribution in [0, 0.1) is 11.8 Å². The minimum Gasteiger partial charge on any atom is -0.322 e. The van der Waals surface area contributed by atoms with Crippen LogP contribution in [-0.2, 0) is 9.59 Å². The highest BCUT2D eigenvalue weighted by Gasteiger charge is 2.45. The number of likely N-dealkylation sites (tertiary alicyclic amines) is 1. The minimum atomic E-state index is -0.910. The van der Waals surface area contributed by atoms with E-state index in [0.717, 1.165) is 18.8 Å². The van der Waals surface area contributed by atoms with Crippen molar-refractivity contribution < 1.29 is 9.59 Å². The molecule has 0 unspecified atom stereocenters. The maximum Gasteiger partial charge on any atom is 0.250 e. The van der Waals surface area contributed by atoms with Gasteiger partial charge in [-0.3, -0.25) is 19.4 Å². The van der Waals surface area contributed by atoms with E-state index in [2.05, 4.69) is 24.1 Å². The number of amides is 2. The molecule has 2 aliphatic heterocycles. The van der Waals surface area contributed by atoms with E-state index in [-0.39, 0.29) is 17.9 Å². The summed E-state index contributed by atoms with van der Waals surface area (Å²) >= 11 is 0. The summed E-state index contributed by atoms with van der Waals surface area (Å²) in [5, 5.41) is 2.92. The molecule has 25 heavy (non-hydrogen) atoms. The van der Waals surface area contributed by atoms with Gasteiger partial charge in [-0.2, -0.15) is 0 Å². The lowest BCUT2D eigenvalue weighted by atomic mass is 9.90. The number of anilines is 2. The summed E-state index contributed by atoms with van der Waals surface area (Å²) in [7, 11) is 0. The zero-order valence-corrected chi connectivity index (χ0v) is 15.9. The Morgan fingerprint density at radius 2 is 1.80 bits per heavy atom. The highest BCUT2D eigenvalue weighted by Crippen LogP contribution is 2.37. The quantitative estimate of drug-likeness (QED) is 0.898. The Kier molecular flexibility index (Phi) is 4.62. The van der Waals surface area contributed by atoms with Gasteiger partial charge in [0.2, 0.25) is 11.8 Å². The number of hydrogen-bond donors (Lipinski definition) is 1. The van der Waals surface area contributed by atoms with Crippen molar-refractivity contribution >= 4 is 23.2 Å². The Morgan fingerprint density at radius 3 is 2.44 bits per heavy atom. The Labute approximate surface area is 150 Å². The van der Waals surface area contributed by atoms with Crippen LogP contribution in [0.2, 0.25) is 0 Å². The Balaban J connectivity index is 1.93. The van der Waals surface area contributed by atoms with E-state index in [0.29, 0.717) is 17.5 Å². The largest absolute Gasteiger partial charge is 0.322 e. The van der Waals surface area contributed by atoms with Crippen LogP contribution < -0.4 is 10.2 Å². The van der Waals surface area contributed by atoms with Crippen molar-refractivity contribution in [1.82, 2.24) is 4.90 Å². The Bertz CT molecular complexity index is 675. The number of hydrogen-bond acceptors (Lipinski definition) is 3. The molecule has 2 amide bonds. The minimum absolute atomic E-state index is 0.00593. The lowest BCUT2D eigenvalue weighted by Crippen LogP contribution is -2.62. The molecular formula is C20H29N3O2. The number of benzene rings is 1. The molecule has 3 atom stereocenters. The first-order valence-electron chi connectivity index (χ1n) is 9.20. The summed E-state index contributed by atoms with van der Waals surface area (Å²) in [6, 6.07) is 7.28. The lowest BCUT2D eigenvalue weighted by Gasteiger charge is -2.45. The van der Waals surface area contributed by atoms with Crippen molar-refractivity contribution in [3.8, 4) is 0 Å². The van der Waals surface area contributed by atoms with Gasteiger partial charge in [0.05, 0.1) is 17.4 Å². The molecule has 1 fully saturated rings. The Hall–Kier alpha value is -1.88. The van der Waals surface area contributed by atoms with Crippen LogP contribution in [0.15, 0.2) is 24.3 Å². The third-order valence-electron chi connectivity index (χ3n) is 5.53. The average Bonchev–Trinajstić information content (AvgIpc) is 2.53. The number of fused-ring (bicyclic) bond motifs is 1. The highest BCUT2D eigenvalue weighted by atomic mass is 16.2. The molecule has 0 radical (unpaired) electrons. The molecule has 1 saturated heterocycles. The van der Waals surface area contributed by atoms with E-state index in [1.807, 2.05) is 45.0 Å². The van der Waals surface area contributed by atoms with E-state index in [1.165, 1.54) is 6.42 Å². The molecular weight excluding hydrogens is 314 g/mol. The van der Waals surface area contributed by atoms with Crippen molar-refractivity contribution in [2.75, 3.05) is 23.3 Å². The molecule has 0 aromatic heterocycles. The Morgan fingerprint density at radius 1 is 1.20 bits per heavy atom. The molecule has 136 valence electrons. The van der Waals surface area contributed by atoms with Gasteiger partial charge in [-0.1, -0.05) is 26.0 Å². The second kappa shape index (κ2) is 6.45. The fraction of sp³-hybridized carbons (Fsp3) is 0.600. The third-order valence-corrected chi connectivity index (χ3v) is 5.53. The lowest BCUT2D eigenvalue weighted by molar-refractivity contribution is -0.129. The molecule has 3 rings (SSSR count). The second-order valence-corrected chi connectivity index (χ2v) is 8.28. The van der Waals surface area contributed by atoms with Gasteiger partial charge in [0.15, 0.2) is 0 Å². The first kappa shape index (κ1) is 17.9. The van der Waals surface area contributed by atoms with Gasteiger partial charge >= 0.3 is 0 Å². The monoisotopic (exact) mass is 343 g/mol. The average molecular weight is 343 g/mol. The van der Waals surface area contributed by atoms with Crippen molar-refractivity contribution in [3.63, 3.8) is 0 Å². The van der Waals surface area contributed by atoms with E-state index in [4.69, 9.17) is 0 Å². The van der Waals surface area contributed by atoms with Gasteiger partial charge in [-0.05, 0) is 51.2 Å². The van der Waals surface area contributed by atoms with Gasteiger partial charge < -0.3 is 5.32 Å². The number of piperidine rings is 1. The molecule has 5 heteroatoms. The summed E-state index contributed by atoms with van der Waals surface area (Å²) in [6.07, 6.45) is 1.21. The number of para-hydroxylation sites is 2. The summed E-state index contributed by atoms with van der Waals surface area (Å²) in [5.41, 5.74) is 0.571. The van der Waals surface area contributed by atoms with Crippen LogP contribution in [0.5, 0.6) is 0 Å². The topological polar surface area (TPSA) is 52.7 Å². The van der Waals surface area contributed by atoms with Crippen LogP contribution in [0.3, 0.4) is 0 Å². The molecule has 0 saturated carbocycles. The fourth-order valence-electron chi connectivity index (χ4n) is 4.22.